The van der Waals surface area contributed by atoms with Crippen molar-refractivity contribution < 1.29 is 19.1 Å². The van der Waals surface area contributed by atoms with Gasteiger partial charge in [0.25, 0.3) is 0 Å². The number of alkyl halides is 1. The Morgan fingerprint density at radius 2 is 2.06 bits per heavy atom. The van der Waals surface area contributed by atoms with Crippen molar-refractivity contribution in [3.63, 3.8) is 0 Å². The summed E-state index contributed by atoms with van der Waals surface area (Å²) in [5.41, 5.74) is 0.386. The zero-order valence-electron chi connectivity index (χ0n) is 8.91. The van der Waals surface area contributed by atoms with Gasteiger partial charge in [0.1, 0.15) is 5.75 Å². The largest absolute Gasteiger partial charge is 0.425 e. The van der Waals surface area contributed by atoms with Crippen LogP contribution in [0.4, 0.5) is 0 Å². The summed E-state index contributed by atoms with van der Waals surface area (Å²) in [6, 6.07) is 4.61. The number of ketones is 2. The van der Waals surface area contributed by atoms with Gasteiger partial charge in [0, 0.05) is 11.6 Å². The van der Waals surface area contributed by atoms with Gasteiger partial charge in [0.2, 0.25) is 5.78 Å². The van der Waals surface area contributed by atoms with Crippen LogP contribution in [0.1, 0.15) is 20.7 Å². The summed E-state index contributed by atoms with van der Waals surface area (Å²) in [6.07, 6.45) is 1.19. The Balaban J connectivity index is 2.53. The maximum atomic E-state index is 11.9. The summed E-state index contributed by atoms with van der Waals surface area (Å²) in [6.45, 7) is 0. The molecule has 0 N–H and O–H groups in total. The topological polar surface area (TPSA) is 60.4 Å². The van der Waals surface area contributed by atoms with Crippen LogP contribution < -0.4 is 4.74 Å². The average molecular weight is 421 g/mol. The van der Waals surface area contributed by atoms with E-state index in [0.29, 0.717) is 0 Å². The van der Waals surface area contributed by atoms with Gasteiger partial charge in [-0.1, -0.05) is 28.7 Å². The second-order valence-corrected chi connectivity index (χ2v) is 5.09. The van der Waals surface area contributed by atoms with Crippen molar-refractivity contribution in [2.45, 2.75) is 0 Å². The fourth-order valence-corrected chi connectivity index (χ4v) is 2.17. The Bertz CT molecular complexity index is 592. The van der Waals surface area contributed by atoms with Gasteiger partial charge in [-0.25, -0.2) is 0 Å². The highest BCUT2D eigenvalue weighted by Gasteiger charge is 2.27. The predicted molar refractivity (Wildman–Crippen MR) is 76.6 cm³/mol. The Morgan fingerprint density at radius 1 is 1.33 bits per heavy atom. The van der Waals surface area contributed by atoms with E-state index < -0.39 is 5.97 Å². The summed E-state index contributed by atoms with van der Waals surface area (Å²) in [5, 5.41) is 0. The summed E-state index contributed by atoms with van der Waals surface area (Å²) in [5.74, 6) is -0.980. The van der Waals surface area contributed by atoms with E-state index in [1.165, 1.54) is 18.2 Å². The van der Waals surface area contributed by atoms with Crippen molar-refractivity contribution >= 4 is 56.1 Å². The second-order valence-electron chi connectivity index (χ2n) is 3.47. The van der Waals surface area contributed by atoms with Crippen molar-refractivity contribution in [3.8, 4) is 5.75 Å². The summed E-state index contributed by atoms with van der Waals surface area (Å²) in [4.78, 5) is 35.0. The molecule has 0 heterocycles. The van der Waals surface area contributed by atoms with Crippen LogP contribution in [0.25, 0.3) is 0 Å². The first kappa shape index (κ1) is 13.4. The summed E-state index contributed by atoms with van der Waals surface area (Å²) >= 11 is 4.90. The number of hydrogen-bond acceptors (Lipinski definition) is 4. The molecule has 0 amide bonds. The number of ether oxygens (including phenoxy) is 1. The summed E-state index contributed by atoms with van der Waals surface area (Å²) < 4.78 is 5.43. The number of rotatable bonds is 2. The first-order chi connectivity index (χ1) is 8.54. The van der Waals surface area contributed by atoms with Crippen molar-refractivity contribution in [2.75, 3.05) is 4.43 Å². The molecule has 0 saturated carbocycles. The van der Waals surface area contributed by atoms with Crippen LogP contribution in [-0.2, 0) is 4.79 Å². The molecule has 1 aromatic carbocycles. The minimum Gasteiger partial charge on any atom is -0.425 e. The quantitative estimate of drug-likeness (QED) is 0.319. The van der Waals surface area contributed by atoms with Crippen LogP contribution in [0, 0.1) is 0 Å². The molecule has 0 radical (unpaired) electrons. The standard InChI is InChI=1S/C12H6BrIO4/c13-7-4-8(15)11-6(12(7)17)2-1-3-9(11)18-10(16)5-14/h1-4H,5H2. The zero-order valence-corrected chi connectivity index (χ0v) is 12.6. The molecule has 1 aromatic rings. The minimum absolute atomic E-state index is 0.128. The van der Waals surface area contributed by atoms with E-state index in [-0.39, 0.29) is 37.4 Å². The third-order valence-electron chi connectivity index (χ3n) is 2.32. The number of halogens is 2. The third kappa shape index (κ3) is 2.39. The lowest BCUT2D eigenvalue weighted by Crippen LogP contribution is -2.18. The highest BCUT2D eigenvalue weighted by Crippen LogP contribution is 2.31. The molecule has 2 rings (SSSR count). The monoisotopic (exact) mass is 420 g/mol. The Hall–Kier alpha value is -1.02. The lowest BCUT2D eigenvalue weighted by molar-refractivity contribution is -0.131. The van der Waals surface area contributed by atoms with Crippen LogP contribution in [0.3, 0.4) is 0 Å². The van der Waals surface area contributed by atoms with Crippen LogP contribution in [0.5, 0.6) is 5.75 Å². The van der Waals surface area contributed by atoms with Crippen molar-refractivity contribution in [1.82, 2.24) is 0 Å². The maximum Gasteiger partial charge on any atom is 0.321 e. The molecule has 0 spiro atoms. The molecule has 0 fully saturated rings. The normalized spacial score (nSPS) is 14.0. The number of allylic oxidation sites excluding steroid dienone is 2. The minimum atomic E-state index is -0.460. The molecule has 0 bridgehead atoms. The Morgan fingerprint density at radius 3 is 2.72 bits per heavy atom. The Labute approximate surface area is 125 Å². The SMILES string of the molecule is O=C(CI)Oc1cccc2c1C(=O)C=C(Br)C2=O. The van der Waals surface area contributed by atoms with Gasteiger partial charge in [-0.3, -0.25) is 14.4 Å². The molecule has 92 valence electrons. The van der Waals surface area contributed by atoms with Gasteiger partial charge in [-0.2, -0.15) is 0 Å². The van der Waals surface area contributed by atoms with E-state index in [2.05, 4.69) is 15.9 Å². The smallest absolute Gasteiger partial charge is 0.321 e. The molecule has 0 saturated heterocycles. The van der Waals surface area contributed by atoms with E-state index >= 15 is 0 Å². The average Bonchev–Trinajstić information content (AvgIpc) is 2.35. The van der Waals surface area contributed by atoms with E-state index in [1.54, 1.807) is 6.07 Å². The number of hydrogen-bond donors (Lipinski definition) is 0. The first-order valence-electron chi connectivity index (χ1n) is 4.90. The highest BCUT2D eigenvalue weighted by molar-refractivity contribution is 14.1. The van der Waals surface area contributed by atoms with E-state index in [4.69, 9.17) is 4.74 Å². The molecule has 0 unspecified atom stereocenters. The predicted octanol–water partition coefficient (Wildman–Crippen LogP) is 2.68. The van der Waals surface area contributed by atoms with Crippen LogP contribution in [0.2, 0.25) is 0 Å². The van der Waals surface area contributed by atoms with Gasteiger partial charge in [0.15, 0.2) is 5.78 Å². The zero-order chi connectivity index (χ0) is 13.3. The molecule has 0 atom stereocenters. The number of Topliss-reactive ketones (excluding diaryl/α,β-unsaturated/α-hetero) is 1. The molecule has 0 aliphatic heterocycles. The van der Waals surface area contributed by atoms with Gasteiger partial charge in [0.05, 0.1) is 14.5 Å². The van der Waals surface area contributed by atoms with Crippen molar-refractivity contribution in [3.05, 3.63) is 39.9 Å². The van der Waals surface area contributed by atoms with Crippen LogP contribution in [0.15, 0.2) is 28.8 Å². The molecule has 4 nitrogen and oxygen atoms in total. The van der Waals surface area contributed by atoms with E-state index in [0.717, 1.165) is 0 Å². The molecule has 1 aliphatic rings. The number of carbonyl (C=O) groups is 3. The lowest BCUT2D eigenvalue weighted by atomic mass is 9.94. The van der Waals surface area contributed by atoms with Crippen LogP contribution in [-0.4, -0.2) is 22.0 Å². The van der Waals surface area contributed by atoms with Gasteiger partial charge in [-0.05, 0) is 28.1 Å². The number of carbonyl (C=O) groups excluding carboxylic acids is 3. The highest BCUT2D eigenvalue weighted by atomic mass is 127. The molecular formula is C12H6BrIO4. The van der Waals surface area contributed by atoms with Gasteiger partial charge < -0.3 is 4.74 Å². The fraction of sp³-hybridized carbons (Fsp3) is 0.0833. The molecule has 6 heteroatoms. The van der Waals surface area contributed by atoms with E-state index in [9.17, 15) is 14.4 Å². The molecular weight excluding hydrogens is 415 g/mol. The van der Waals surface area contributed by atoms with Gasteiger partial charge >= 0.3 is 5.97 Å². The maximum absolute atomic E-state index is 11.9. The van der Waals surface area contributed by atoms with Crippen molar-refractivity contribution in [2.24, 2.45) is 0 Å². The number of esters is 1. The molecule has 1 aliphatic carbocycles. The fourth-order valence-electron chi connectivity index (χ4n) is 1.59. The first-order valence-corrected chi connectivity index (χ1v) is 7.22. The molecule has 18 heavy (non-hydrogen) atoms. The van der Waals surface area contributed by atoms with Gasteiger partial charge in [-0.15, -0.1) is 0 Å². The van der Waals surface area contributed by atoms with E-state index in [1.807, 2.05) is 22.6 Å². The Kier molecular flexibility index (Phi) is 3.96. The van der Waals surface area contributed by atoms with Crippen molar-refractivity contribution in [1.29, 1.82) is 0 Å². The molecule has 0 aromatic heterocycles. The number of fused-ring (bicyclic) bond motifs is 1. The third-order valence-corrected chi connectivity index (χ3v) is 3.54. The lowest BCUT2D eigenvalue weighted by Gasteiger charge is -2.14. The number of benzene rings is 1. The second kappa shape index (κ2) is 5.31. The summed E-state index contributed by atoms with van der Waals surface area (Å²) in [7, 11) is 0. The van der Waals surface area contributed by atoms with Crippen LogP contribution >= 0.6 is 38.5 Å².